The fourth-order valence-corrected chi connectivity index (χ4v) is 1.10. The zero-order chi connectivity index (χ0) is 13.8. The largest absolute Gasteiger partial charge is 0.434 e. The van der Waals surface area contributed by atoms with Crippen LogP contribution in [0.5, 0.6) is 0 Å². The van der Waals surface area contributed by atoms with Gasteiger partial charge in [0.25, 0.3) is 0 Å². The number of aromatic nitrogens is 1. The topological polar surface area (TPSA) is 68.0 Å². The van der Waals surface area contributed by atoms with Crippen molar-refractivity contribution in [3.8, 4) is 11.8 Å². The van der Waals surface area contributed by atoms with Crippen molar-refractivity contribution >= 4 is 11.7 Å². The second-order valence-corrected chi connectivity index (χ2v) is 3.34. The third kappa shape index (κ3) is 3.97. The standard InChI is InChI=1S/C11H10F3N3O/c1-7(18)16-6-2-3-8-4-5-9(15)17-10(8)11(12,13)14/h4-5H,6H2,1H3,(H2,15,17)(H,16,18). The van der Waals surface area contributed by atoms with Crippen molar-refractivity contribution in [1.29, 1.82) is 0 Å². The van der Waals surface area contributed by atoms with Crippen molar-refractivity contribution in [3.05, 3.63) is 23.4 Å². The lowest BCUT2D eigenvalue weighted by Gasteiger charge is -2.08. The first-order valence-electron chi connectivity index (χ1n) is 4.87. The maximum absolute atomic E-state index is 12.6. The summed E-state index contributed by atoms with van der Waals surface area (Å²) in [7, 11) is 0. The Labute approximate surface area is 101 Å². The molecule has 1 aromatic rings. The normalized spacial score (nSPS) is 10.4. The Morgan fingerprint density at radius 1 is 1.50 bits per heavy atom. The third-order valence-corrected chi connectivity index (χ3v) is 1.83. The minimum atomic E-state index is -4.62. The van der Waals surface area contributed by atoms with Gasteiger partial charge in [-0.15, -0.1) is 0 Å². The van der Waals surface area contributed by atoms with E-state index < -0.39 is 11.9 Å². The van der Waals surface area contributed by atoms with E-state index in [9.17, 15) is 18.0 Å². The molecule has 7 heteroatoms. The maximum atomic E-state index is 12.6. The molecule has 96 valence electrons. The zero-order valence-electron chi connectivity index (χ0n) is 9.43. The molecule has 0 spiro atoms. The number of anilines is 1. The van der Waals surface area contributed by atoms with Crippen molar-refractivity contribution in [2.45, 2.75) is 13.1 Å². The first-order chi connectivity index (χ1) is 8.30. The molecule has 0 fully saturated rings. The van der Waals surface area contributed by atoms with Crippen LogP contribution in [0.4, 0.5) is 19.0 Å². The molecular weight excluding hydrogens is 247 g/mol. The molecule has 0 aliphatic heterocycles. The Morgan fingerprint density at radius 2 is 2.17 bits per heavy atom. The molecule has 4 nitrogen and oxygen atoms in total. The average molecular weight is 257 g/mol. The molecule has 1 amide bonds. The van der Waals surface area contributed by atoms with Crippen molar-refractivity contribution in [1.82, 2.24) is 10.3 Å². The van der Waals surface area contributed by atoms with E-state index in [0.29, 0.717) is 0 Å². The van der Waals surface area contributed by atoms with Crippen molar-refractivity contribution in [3.63, 3.8) is 0 Å². The summed E-state index contributed by atoms with van der Waals surface area (Å²) in [5.41, 5.74) is 3.80. The van der Waals surface area contributed by atoms with E-state index in [-0.39, 0.29) is 23.8 Å². The van der Waals surface area contributed by atoms with Crippen molar-refractivity contribution < 1.29 is 18.0 Å². The van der Waals surface area contributed by atoms with Crippen LogP contribution >= 0.6 is 0 Å². The molecule has 0 radical (unpaired) electrons. The molecule has 1 heterocycles. The Morgan fingerprint density at radius 3 is 2.72 bits per heavy atom. The monoisotopic (exact) mass is 257 g/mol. The highest BCUT2D eigenvalue weighted by molar-refractivity contribution is 5.73. The summed E-state index contributed by atoms with van der Waals surface area (Å²) in [5.74, 6) is 4.17. The highest BCUT2D eigenvalue weighted by atomic mass is 19.4. The van der Waals surface area contributed by atoms with Gasteiger partial charge in [-0.25, -0.2) is 4.98 Å². The number of rotatable bonds is 1. The second kappa shape index (κ2) is 5.40. The van der Waals surface area contributed by atoms with E-state index in [1.165, 1.54) is 13.0 Å². The number of nitrogens with two attached hydrogens (primary N) is 1. The van der Waals surface area contributed by atoms with Gasteiger partial charge in [-0.05, 0) is 12.1 Å². The minimum Gasteiger partial charge on any atom is -0.384 e. The lowest BCUT2D eigenvalue weighted by atomic mass is 10.2. The van der Waals surface area contributed by atoms with Gasteiger partial charge in [0.1, 0.15) is 5.82 Å². The Bertz CT molecular complexity index is 514. The Hall–Kier alpha value is -2.23. The van der Waals surface area contributed by atoms with E-state index in [2.05, 4.69) is 22.1 Å². The van der Waals surface area contributed by atoms with Crippen LogP contribution < -0.4 is 11.1 Å². The smallest absolute Gasteiger partial charge is 0.384 e. The number of hydrogen-bond acceptors (Lipinski definition) is 3. The van der Waals surface area contributed by atoms with Crippen molar-refractivity contribution in [2.75, 3.05) is 12.3 Å². The summed E-state index contributed by atoms with van der Waals surface area (Å²) in [6.07, 6.45) is -4.62. The van der Waals surface area contributed by atoms with Crippen LogP contribution in [0.2, 0.25) is 0 Å². The highest BCUT2D eigenvalue weighted by Crippen LogP contribution is 2.30. The number of carbonyl (C=O) groups excluding carboxylic acids is 1. The van der Waals surface area contributed by atoms with Gasteiger partial charge in [0, 0.05) is 6.92 Å². The lowest BCUT2D eigenvalue weighted by Crippen LogP contribution is -2.19. The zero-order valence-corrected chi connectivity index (χ0v) is 9.43. The number of nitrogen functional groups attached to an aromatic ring is 1. The van der Waals surface area contributed by atoms with Gasteiger partial charge in [-0.1, -0.05) is 11.8 Å². The molecule has 1 rings (SSSR count). The van der Waals surface area contributed by atoms with Gasteiger partial charge in [-0.2, -0.15) is 13.2 Å². The number of carbonyl (C=O) groups is 1. The average Bonchev–Trinajstić information content (AvgIpc) is 2.24. The van der Waals surface area contributed by atoms with Crippen LogP contribution in [0.25, 0.3) is 0 Å². The molecule has 0 saturated heterocycles. The molecule has 0 unspecified atom stereocenters. The molecule has 3 N–H and O–H groups in total. The van der Waals surface area contributed by atoms with Crippen LogP contribution in [0, 0.1) is 11.8 Å². The van der Waals surface area contributed by atoms with Crippen LogP contribution in [0.15, 0.2) is 12.1 Å². The fourth-order valence-electron chi connectivity index (χ4n) is 1.10. The maximum Gasteiger partial charge on any atom is 0.434 e. The van der Waals surface area contributed by atoms with Crippen LogP contribution in [-0.2, 0) is 11.0 Å². The molecule has 0 atom stereocenters. The number of hydrogen-bond donors (Lipinski definition) is 2. The minimum absolute atomic E-state index is 0.0307. The van der Waals surface area contributed by atoms with E-state index in [1.807, 2.05) is 0 Å². The predicted octanol–water partition coefficient (Wildman–Crippen LogP) is 1.17. The molecule has 0 bridgehead atoms. The summed E-state index contributed by atoms with van der Waals surface area (Å²) in [5, 5.41) is 2.35. The lowest BCUT2D eigenvalue weighted by molar-refractivity contribution is -0.141. The number of nitrogens with one attached hydrogen (secondary N) is 1. The van der Waals surface area contributed by atoms with Gasteiger partial charge in [-0.3, -0.25) is 4.79 Å². The molecule has 0 aromatic carbocycles. The first kappa shape index (κ1) is 13.8. The summed E-state index contributed by atoms with van der Waals surface area (Å²) in [6, 6.07) is 2.38. The van der Waals surface area contributed by atoms with E-state index in [4.69, 9.17) is 5.73 Å². The van der Waals surface area contributed by atoms with E-state index >= 15 is 0 Å². The summed E-state index contributed by atoms with van der Waals surface area (Å²) >= 11 is 0. The van der Waals surface area contributed by atoms with Gasteiger partial charge in [0.2, 0.25) is 5.91 Å². The molecule has 0 aliphatic carbocycles. The number of alkyl halides is 3. The molecule has 1 aromatic heterocycles. The fraction of sp³-hybridized carbons (Fsp3) is 0.273. The molecular formula is C11H10F3N3O. The van der Waals surface area contributed by atoms with Crippen LogP contribution in [-0.4, -0.2) is 17.4 Å². The van der Waals surface area contributed by atoms with Gasteiger partial charge >= 0.3 is 6.18 Å². The Balaban J connectivity index is 2.98. The second-order valence-electron chi connectivity index (χ2n) is 3.34. The molecule has 0 saturated carbocycles. The summed E-state index contributed by atoms with van der Waals surface area (Å²) < 4.78 is 37.8. The van der Waals surface area contributed by atoms with Gasteiger partial charge in [0.05, 0.1) is 12.1 Å². The van der Waals surface area contributed by atoms with E-state index in [0.717, 1.165) is 6.07 Å². The predicted molar refractivity (Wildman–Crippen MR) is 59.2 cm³/mol. The highest BCUT2D eigenvalue weighted by Gasteiger charge is 2.35. The van der Waals surface area contributed by atoms with Crippen LogP contribution in [0.3, 0.4) is 0 Å². The van der Waals surface area contributed by atoms with Gasteiger partial charge < -0.3 is 11.1 Å². The SMILES string of the molecule is CC(=O)NCC#Cc1ccc(N)nc1C(F)(F)F. The molecule has 18 heavy (non-hydrogen) atoms. The van der Waals surface area contributed by atoms with Gasteiger partial charge in [0.15, 0.2) is 5.69 Å². The Kier molecular flexibility index (Phi) is 4.15. The van der Waals surface area contributed by atoms with Crippen molar-refractivity contribution in [2.24, 2.45) is 0 Å². The van der Waals surface area contributed by atoms with E-state index in [1.54, 1.807) is 0 Å². The number of pyridine rings is 1. The summed E-state index contributed by atoms with van der Waals surface area (Å²) in [4.78, 5) is 13.8. The number of nitrogens with zero attached hydrogens (tertiary/aromatic N) is 1. The summed E-state index contributed by atoms with van der Waals surface area (Å²) in [6.45, 7) is 1.25. The third-order valence-electron chi connectivity index (χ3n) is 1.83. The number of amides is 1. The first-order valence-corrected chi connectivity index (χ1v) is 4.87. The molecule has 0 aliphatic rings. The number of halogens is 3. The quantitative estimate of drug-likeness (QED) is 0.742. The van der Waals surface area contributed by atoms with Crippen LogP contribution in [0.1, 0.15) is 18.2 Å².